The SMILES string of the molecule is O=S(=O)([O-])[O-].O=S(=O)([O-])[O-].O=S(=O)([O-])[O-].O=S(=O)([O-])[O-].[Mg+2].[Mo+4].[Ni+2]. The molecule has 0 unspecified atom stereocenters. The Balaban J connectivity index is -0.0000000284. The summed E-state index contributed by atoms with van der Waals surface area (Å²) in [6.07, 6.45) is 0. The predicted molar refractivity (Wildman–Crippen MR) is 47.7 cm³/mol. The molecule has 0 spiro atoms. The van der Waals surface area contributed by atoms with Gasteiger partial charge in [-0.3, -0.25) is 33.7 Å². The zero-order valence-electron chi connectivity index (χ0n) is 9.60. The van der Waals surface area contributed by atoms with Gasteiger partial charge in [-0.15, -0.1) is 0 Å². The first-order valence-corrected chi connectivity index (χ1v) is 8.00. The summed E-state index contributed by atoms with van der Waals surface area (Å²) in [6, 6.07) is 0. The van der Waals surface area contributed by atoms with E-state index in [-0.39, 0.29) is 60.6 Å². The van der Waals surface area contributed by atoms with Gasteiger partial charge in [-0.2, -0.15) is 0 Å². The van der Waals surface area contributed by atoms with E-state index in [9.17, 15) is 0 Å². The van der Waals surface area contributed by atoms with Crippen LogP contribution in [0.4, 0.5) is 0 Å². The molecule has 0 rings (SSSR count). The van der Waals surface area contributed by atoms with Gasteiger partial charge < -0.3 is 36.4 Å². The van der Waals surface area contributed by atoms with Crippen LogP contribution in [-0.4, -0.2) is 93.1 Å². The Morgan fingerprint density at radius 1 is 0.391 bits per heavy atom. The van der Waals surface area contributed by atoms with Crippen molar-refractivity contribution >= 4 is 64.6 Å². The van der Waals surface area contributed by atoms with Gasteiger partial charge in [-0.1, -0.05) is 0 Å². The summed E-state index contributed by atoms with van der Waals surface area (Å²) in [5, 5.41) is 0. The molecule has 0 saturated carbocycles. The number of hydrogen-bond donors (Lipinski definition) is 0. The molecule has 0 aromatic carbocycles. The summed E-state index contributed by atoms with van der Waals surface area (Å²) in [4.78, 5) is 0. The van der Waals surface area contributed by atoms with Crippen LogP contribution in [-0.2, 0) is 79.2 Å². The quantitative estimate of drug-likeness (QED) is 0.150. The van der Waals surface area contributed by atoms with E-state index in [2.05, 4.69) is 0 Å². The van der Waals surface area contributed by atoms with E-state index in [0.717, 1.165) is 0 Å². The topological polar surface area (TPSA) is 321 Å². The fraction of sp³-hybridized carbons (Fsp3) is 0. The minimum absolute atomic E-state index is 0. The molecule has 0 aromatic heterocycles. The molecule has 0 N–H and O–H groups in total. The number of hydrogen-bond acceptors (Lipinski definition) is 16. The molecule has 0 aliphatic rings. The third kappa shape index (κ3) is 5270. The molecular formula is MgMoNiO16S4. The van der Waals surface area contributed by atoms with E-state index in [1.54, 1.807) is 0 Å². The van der Waals surface area contributed by atoms with Crippen molar-refractivity contribution in [3.63, 3.8) is 0 Å². The van der Waals surface area contributed by atoms with Crippen LogP contribution in [0.25, 0.3) is 0 Å². The first kappa shape index (κ1) is 44.1. The van der Waals surface area contributed by atoms with Crippen molar-refractivity contribution in [2.24, 2.45) is 0 Å². The van der Waals surface area contributed by atoms with Crippen LogP contribution >= 0.6 is 0 Å². The Kier molecular flexibility index (Phi) is 35.0. The van der Waals surface area contributed by atoms with Crippen LogP contribution < -0.4 is 0 Å². The monoisotopic (exact) mass is 564 g/mol. The third-order valence-electron chi connectivity index (χ3n) is 0. The maximum atomic E-state index is 8.52. The Labute approximate surface area is 171 Å². The van der Waals surface area contributed by atoms with Gasteiger partial charge in [0.15, 0.2) is 0 Å². The molecule has 0 radical (unpaired) electrons. The Morgan fingerprint density at radius 3 is 0.391 bits per heavy atom. The van der Waals surface area contributed by atoms with E-state index in [1.165, 1.54) is 0 Å². The second kappa shape index (κ2) is 18.2. The van der Waals surface area contributed by atoms with E-state index in [4.69, 9.17) is 70.1 Å². The van der Waals surface area contributed by atoms with E-state index in [1.807, 2.05) is 0 Å². The Bertz CT molecular complexity index is 485. The van der Waals surface area contributed by atoms with Crippen LogP contribution in [0.3, 0.4) is 0 Å². The summed E-state index contributed by atoms with van der Waals surface area (Å²) in [5.41, 5.74) is 0. The molecule has 16 nitrogen and oxygen atoms in total. The van der Waals surface area contributed by atoms with Crippen molar-refractivity contribution in [2.75, 3.05) is 0 Å². The molecule has 0 bridgehead atoms. The van der Waals surface area contributed by atoms with Crippen molar-refractivity contribution in [1.29, 1.82) is 0 Å². The van der Waals surface area contributed by atoms with Gasteiger partial charge >= 0.3 is 60.6 Å². The van der Waals surface area contributed by atoms with Gasteiger partial charge in [0.2, 0.25) is 0 Å². The van der Waals surface area contributed by atoms with Gasteiger partial charge in [0.25, 0.3) is 0 Å². The summed E-state index contributed by atoms with van der Waals surface area (Å²) < 4.78 is 136. The standard InChI is InChI=1S/Mg.Mo.Ni.4H2O4S/c;;;4*1-5(2,3)4/h;;;4*(H2,1,2,3,4)/q+2;+4;+2;;;;/p-8. The molecule has 138 valence electrons. The molecule has 0 atom stereocenters. The second-order valence-electron chi connectivity index (χ2n) is 1.63. The average molecular weight is 563 g/mol. The molecule has 23 heavy (non-hydrogen) atoms. The van der Waals surface area contributed by atoms with E-state index < -0.39 is 41.6 Å². The van der Waals surface area contributed by atoms with E-state index in [0.29, 0.717) is 0 Å². The van der Waals surface area contributed by atoms with Crippen molar-refractivity contribution in [3.8, 4) is 0 Å². The Hall–Kier alpha value is 1.43. The minimum Gasteiger partial charge on any atom is -0.759 e. The zero-order valence-corrected chi connectivity index (χ0v) is 17.3. The van der Waals surface area contributed by atoms with Crippen LogP contribution in [0.5, 0.6) is 0 Å². The van der Waals surface area contributed by atoms with Gasteiger partial charge in [0, 0.05) is 41.6 Å². The molecule has 0 amide bonds. The summed E-state index contributed by atoms with van der Waals surface area (Å²) in [7, 11) is -20.7. The van der Waals surface area contributed by atoms with Gasteiger partial charge in [-0.05, 0) is 0 Å². The predicted octanol–water partition coefficient (Wildman–Crippen LogP) is -5.74. The fourth-order valence-electron chi connectivity index (χ4n) is 0. The molecule has 0 aromatic rings. The summed E-state index contributed by atoms with van der Waals surface area (Å²) in [5.74, 6) is 0. The van der Waals surface area contributed by atoms with Crippen molar-refractivity contribution < 1.29 is 108 Å². The van der Waals surface area contributed by atoms with Crippen molar-refractivity contribution in [2.45, 2.75) is 0 Å². The van der Waals surface area contributed by atoms with Crippen LogP contribution in [0.2, 0.25) is 0 Å². The smallest absolute Gasteiger partial charge is 0.759 e. The largest absolute Gasteiger partial charge is 4.00 e. The maximum absolute atomic E-state index is 8.52. The maximum Gasteiger partial charge on any atom is 4.00 e. The molecule has 0 saturated heterocycles. The van der Waals surface area contributed by atoms with E-state index >= 15 is 0 Å². The second-order valence-corrected chi connectivity index (χ2v) is 4.90. The van der Waals surface area contributed by atoms with Crippen LogP contribution in [0.1, 0.15) is 0 Å². The third-order valence-corrected chi connectivity index (χ3v) is 0. The minimum atomic E-state index is -5.17. The first-order chi connectivity index (χ1) is 8.00. The summed E-state index contributed by atoms with van der Waals surface area (Å²) in [6.45, 7) is 0. The van der Waals surface area contributed by atoms with Gasteiger partial charge in [-0.25, -0.2) is 0 Å². The Morgan fingerprint density at radius 2 is 0.391 bits per heavy atom. The normalized spacial score (nSPS) is 10.1. The van der Waals surface area contributed by atoms with Crippen molar-refractivity contribution in [1.82, 2.24) is 0 Å². The fourth-order valence-corrected chi connectivity index (χ4v) is 0. The molecule has 0 aliphatic carbocycles. The summed E-state index contributed by atoms with van der Waals surface area (Å²) >= 11 is 0. The molecular weight excluding hydrogens is 563 g/mol. The van der Waals surface area contributed by atoms with Crippen LogP contribution in [0.15, 0.2) is 0 Å². The van der Waals surface area contributed by atoms with Gasteiger partial charge in [0.05, 0.1) is 0 Å². The first-order valence-electron chi connectivity index (χ1n) is 2.67. The zero-order chi connectivity index (χ0) is 18.0. The molecule has 0 aliphatic heterocycles. The molecule has 0 fully saturated rings. The van der Waals surface area contributed by atoms with Gasteiger partial charge in [0.1, 0.15) is 0 Å². The number of rotatable bonds is 0. The van der Waals surface area contributed by atoms with Crippen LogP contribution in [0, 0.1) is 0 Å². The average Bonchev–Trinajstić information content (AvgIpc) is 1.62. The molecule has 23 heteroatoms. The molecule has 0 heterocycles. The van der Waals surface area contributed by atoms with Crippen molar-refractivity contribution in [3.05, 3.63) is 0 Å².